The summed E-state index contributed by atoms with van der Waals surface area (Å²) in [7, 11) is 7.24. The fraction of sp³-hybridized carbons (Fsp3) is 0.417. The van der Waals surface area contributed by atoms with Gasteiger partial charge in [-0.15, -0.1) is 0 Å². The second kappa shape index (κ2) is 12.7. The van der Waals surface area contributed by atoms with Gasteiger partial charge in [-0.05, 0) is 60.1 Å². The van der Waals surface area contributed by atoms with Crippen LogP contribution < -0.4 is 0 Å². The van der Waals surface area contributed by atoms with Gasteiger partial charge in [0.15, 0.2) is 0 Å². The average Bonchev–Trinajstić information content (AvgIpc) is 2.79. The van der Waals surface area contributed by atoms with E-state index in [0.29, 0.717) is 0 Å². The average molecular weight is 443 g/mol. The van der Waals surface area contributed by atoms with Crippen LogP contribution in [-0.2, 0) is 25.7 Å². The van der Waals surface area contributed by atoms with Gasteiger partial charge >= 0.3 is 0 Å². The fourth-order valence-corrected chi connectivity index (χ4v) is 4.21. The van der Waals surface area contributed by atoms with Crippen molar-refractivity contribution in [2.45, 2.75) is 53.4 Å². The zero-order valence-corrected chi connectivity index (χ0v) is 20.7. The third-order valence-corrected chi connectivity index (χ3v) is 7.19. The summed E-state index contributed by atoms with van der Waals surface area (Å²) in [6.07, 6.45) is 7.84. The van der Waals surface area contributed by atoms with Crippen molar-refractivity contribution < 1.29 is 0 Å². The topological polar surface area (TPSA) is 31.2 Å². The van der Waals surface area contributed by atoms with E-state index in [1.807, 2.05) is 35.4 Å². The molecule has 6 heteroatoms. The van der Waals surface area contributed by atoms with Crippen molar-refractivity contribution in [2.24, 2.45) is 9.98 Å². The Balaban J connectivity index is 1.91. The Morgan fingerprint density at radius 2 is 1.07 bits per heavy atom. The molecular formula is C24H34N4S2. The maximum atomic E-state index is 4.68. The molecule has 0 bridgehead atoms. The van der Waals surface area contributed by atoms with Crippen LogP contribution in [0.1, 0.15) is 49.9 Å². The van der Waals surface area contributed by atoms with Crippen LogP contribution >= 0.6 is 22.0 Å². The third-order valence-electron chi connectivity index (χ3n) is 4.85. The van der Waals surface area contributed by atoms with Crippen molar-refractivity contribution in [3.63, 3.8) is 0 Å². The lowest BCUT2D eigenvalue weighted by Gasteiger charge is -2.15. The second-order valence-corrected chi connectivity index (χ2v) is 9.42. The van der Waals surface area contributed by atoms with Crippen LogP contribution in [0.5, 0.6) is 0 Å². The molecule has 30 heavy (non-hydrogen) atoms. The normalized spacial score (nSPS) is 11.5. The lowest BCUT2D eigenvalue weighted by molar-refractivity contribution is 0.865. The Morgan fingerprint density at radius 3 is 1.40 bits per heavy atom. The summed E-state index contributed by atoms with van der Waals surface area (Å²) in [6, 6.07) is 13.1. The van der Waals surface area contributed by atoms with E-state index in [0.717, 1.165) is 37.1 Å². The van der Waals surface area contributed by atoms with E-state index in [4.69, 9.17) is 0 Å². The molecule has 2 aromatic rings. The predicted molar refractivity (Wildman–Crippen MR) is 137 cm³/mol. The molecule has 0 saturated heterocycles. The van der Waals surface area contributed by atoms with Crippen molar-refractivity contribution in [3.8, 4) is 0 Å². The van der Waals surface area contributed by atoms with Crippen LogP contribution in [0.25, 0.3) is 0 Å². The van der Waals surface area contributed by atoms with Gasteiger partial charge < -0.3 is 0 Å². The lowest BCUT2D eigenvalue weighted by atomic mass is 10.1. The molecule has 0 N–H and O–H groups in total. The number of nitrogens with zero attached hydrogens (tertiary/aromatic N) is 4. The molecule has 0 amide bonds. The molecule has 0 radical (unpaired) electrons. The lowest BCUT2D eigenvalue weighted by Crippen LogP contribution is -2.09. The van der Waals surface area contributed by atoms with Crippen LogP contribution in [0.15, 0.2) is 46.4 Å². The highest BCUT2D eigenvalue weighted by Crippen LogP contribution is 2.28. The van der Waals surface area contributed by atoms with Crippen molar-refractivity contribution in [1.82, 2.24) is 8.61 Å². The smallest absolute Gasteiger partial charge is 0.102 e. The zero-order chi connectivity index (χ0) is 21.9. The first-order valence-electron chi connectivity index (χ1n) is 10.6. The summed E-state index contributed by atoms with van der Waals surface area (Å²) in [6.45, 7) is 8.72. The van der Waals surface area contributed by atoms with E-state index in [2.05, 4.69) is 74.1 Å². The van der Waals surface area contributed by atoms with Crippen LogP contribution in [-0.4, -0.2) is 35.4 Å². The minimum absolute atomic E-state index is 0.990. The Labute approximate surface area is 190 Å². The number of aliphatic imine (C=N–C) groups is 2. The third kappa shape index (κ3) is 7.40. The molecule has 0 atom stereocenters. The van der Waals surface area contributed by atoms with Gasteiger partial charge in [0.1, 0.15) is 12.7 Å². The quantitative estimate of drug-likeness (QED) is 0.162. The van der Waals surface area contributed by atoms with Gasteiger partial charge in [0.2, 0.25) is 0 Å². The van der Waals surface area contributed by atoms with E-state index in [1.54, 1.807) is 22.0 Å². The highest BCUT2D eigenvalue weighted by molar-refractivity contribution is 8.75. The standard InChI is InChI=1S/C24H34N4S2/c1-7-19-11-13-23(21(9-3)15-19)25-17-27(5)29-30-28(6)18-26-24-14-12-20(8-2)16-22(24)10-4/h11-18H,7-10H2,1-6H3/b25-17-,26-18-. The number of aryl methyl sites for hydroxylation is 4. The predicted octanol–water partition coefficient (Wildman–Crippen LogP) is 7.03. The van der Waals surface area contributed by atoms with Gasteiger partial charge in [0.25, 0.3) is 0 Å². The highest BCUT2D eigenvalue weighted by atomic mass is 33.1. The van der Waals surface area contributed by atoms with Gasteiger partial charge in [0, 0.05) is 36.1 Å². The molecule has 0 aliphatic rings. The van der Waals surface area contributed by atoms with Crippen LogP contribution in [0.2, 0.25) is 0 Å². The first-order valence-corrected chi connectivity index (χ1v) is 12.7. The Morgan fingerprint density at radius 1 is 0.667 bits per heavy atom. The minimum atomic E-state index is 0.990. The largest absolute Gasteiger partial charge is 0.299 e. The molecule has 0 unspecified atom stereocenters. The fourth-order valence-electron chi connectivity index (χ4n) is 2.97. The summed E-state index contributed by atoms with van der Waals surface area (Å²) in [5.74, 6) is 0. The number of hydrogen-bond acceptors (Lipinski definition) is 4. The van der Waals surface area contributed by atoms with Gasteiger partial charge in [-0.2, -0.15) is 0 Å². The molecule has 0 heterocycles. The van der Waals surface area contributed by atoms with Gasteiger partial charge in [-0.3, -0.25) is 8.61 Å². The van der Waals surface area contributed by atoms with E-state index in [1.165, 1.54) is 22.3 Å². The minimum Gasteiger partial charge on any atom is -0.299 e. The summed E-state index contributed by atoms with van der Waals surface area (Å²) in [5.41, 5.74) is 7.40. The molecule has 2 rings (SSSR count). The molecule has 162 valence electrons. The number of benzene rings is 2. The van der Waals surface area contributed by atoms with Gasteiger partial charge in [-0.25, -0.2) is 9.98 Å². The molecule has 2 aromatic carbocycles. The summed E-state index contributed by atoms with van der Waals surface area (Å²) >= 11 is 0. The van der Waals surface area contributed by atoms with Crippen LogP contribution in [0, 0.1) is 0 Å². The molecule has 0 saturated carbocycles. The molecule has 0 aliphatic carbocycles. The summed E-state index contributed by atoms with van der Waals surface area (Å²) in [5, 5.41) is 0. The number of hydrogen-bond donors (Lipinski definition) is 0. The molecule has 4 nitrogen and oxygen atoms in total. The van der Waals surface area contributed by atoms with E-state index in [-0.39, 0.29) is 0 Å². The maximum Gasteiger partial charge on any atom is 0.102 e. The Bertz CT molecular complexity index is 793. The molecule has 0 aliphatic heterocycles. The summed E-state index contributed by atoms with van der Waals surface area (Å²) in [4.78, 5) is 9.35. The van der Waals surface area contributed by atoms with Crippen molar-refractivity contribution in [3.05, 3.63) is 58.7 Å². The first kappa shape index (κ1) is 24.4. The molecule has 0 aromatic heterocycles. The highest BCUT2D eigenvalue weighted by Gasteiger charge is 2.04. The van der Waals surface area contributed by atoms with E-state index in [9.17, 15) is 0 Å². The zero-order valence-electron chi connectivity index (χ0n) is 19.1. The van der Waals surface area contributed by atoms with Gasteiger partial charge in [0.05, 0.1) is 11.4 Å². The van der Waals surface area contributed by atoms with Crippen LogP contribution in [0.4, 0.5) is 11.4 Å². The SMILES string of the molecule is CCc1ccc(/N=C\N(C)SSN(C)/C=N\c2ccc(CC)cc2CC)c(CC)c1. The monoisotopic (exact) mass is 442 g/mol. The van der Waals surface area contributed by atoms with Crippen molar-refractivity contribution in [1.29, 1.82) is 0 Å². The number of rotatable bonds is 11. The molecule has 0 fully saturated rings. The van der Waals surface area contributed by atoms with E-state index < -0.39 is 0 Å². The van der Waals surface area contributed by atoms with E-state index >= 15 is 0 Å². The van der Waals surface area contributed by atoms with Gasteiger partial charge in [-0.1, -0.05) is 52.0 Å². The van der Waals surface area contributed by atoms with Crippen molar-refractivity contribution in [2.75, 3.05) is 14.1 Å². The van der Waals surface area contributed by atoms with Crippen LogP contribution in [0.3, 0.4) is 0 Å². The molecule has 0 spiro atoms. The Hall–Kier alpha value is -1.92. The second-order valence-electron chi connectivity index (χ2n) is 7.07. The maximum absolute atomic E-state index is 4.68. The Kier molecular flexibility index (Phi) is 10.3. The summed E-state index contributed by atoms with van der Waals surface area (Å²) < 4.78 is 4.02. The molecular weight excluding hydrogens is 408 g/mol. The first-order chi connectivity index (χ1) is 14.5. The van der Waals surface area contributed by atoms with Crippen molar-refractivity contribution >= 4 is 46.0 Å².